The van der Waals surface area contributed by atoms with Gasteiger partial charge in [0.15, 0.2) is 5.75 Å². The summed E-state index contributed by atoms with van der Waals surface area (Å²) in [4.78, 5) is 0. The fraction of sp³-hybridized carbons (Fsp3) is 0.333. The average molecular weight is 300 g/mol. The summed E-state index contributed by atoms with van der Waals surface area (Å²) < 4.78 is 6.16. The summed E-state index contributed by atoms with van der Waals surface area (Å²) in [6.07, 6.45) is 3.59. The number of fused-ring (bicyclic) bond motifs is 2. The van der Waals surface area contributed by atoms with Gasteiger partial charge in [-0.15, -0.1) is 0 Å². The molecule has 1 saturated carbocycles. The van der Waals surface area contributed by atoms with Crippen molar-refractivity contribution in [1.29, 1.82) is 0 Å². The molecular weight excluding hydrogens is 282 g/mol. The van der Waals surface area contributed by atoms with Gasteiger partial charge in [-0.25, -0.2) is 0 Å². The van der Waals surface area contributed by atoms with Crippen LogP contribution in [0.1, 0.15) is 30.7 Å². The van der Waals surface area contributed by atoms with Gasteiger partial charge >= 0.3 is 0 Å². The highest BCUT2D eigenvalue weighted by atomic mass is 35.5. The minimum absolute atomic E-state index is 0.234. The molecule has 0 aromatic heterocycles. The van der Waals surface area contributed by atoms with E-state index in [-0.39, 0.29) is 6.10 Å². The van der Waals surface area contributed by atoms with Gasteiger partial charge in [-0.2, -0.15) is 0 Å². The third-order valence-electron chi connectivity index (χ3n) is 4.63. The number of hydrogen-bond acceptors (Lipinski definition) is 2. The average Bonchev–Trinajstić information content (AvgIpc) is 2.54. The van der Waals surface area contributed by atoms with Crippen molar-refractivity contribution in [2.45, 2.75) is 37.3 Å². The fourth-order valence-electron chi connectivity index (χ4n) is 3.56. The van der Waals surface area contributed by atoms with Gasteiger partial charge in [0.2, 0.25) is 0 Å². The Balaban J connectivity index is 1.57. The topological polar surface area (TPSA) is 21.3 Å². The molecule has 1 N–H and O–H groups in total. The van der Waals surface area contributed by atoms with Crippen LogP contribution in [0, 0.1) is 0 Å². The molecule has 0 bridgehead atoms. The van der Waals surface area contributed by atoms with Crippen molar-refractivity contribution >= 4 is 17.3 Å². The molecule has 1 heterocycles. The lowest BCUT2D eigenvalue weighted by Gasteiger charge is -2.41. The Bertz CT molecular complexity index is 643. The van der Waals surface area contributed by atoms with Crippen molar-refractivity contribution in [1.82, 2.24) is 0 Å². The molecule has 21 heavy (non-hydrogen) atoms. The lowest BCUT2D eigenvalue weighted by molar-refractivity contribution is 0.123. The number of hydrogen-bond donors (Lipinski definition) is 1. The first-order valence-corrected chi connectivity index (χ1v) is 7.96. The normalized spacial score (nSPS) is 27.0. The van der Waals surface area contributed by atoms with E-state index in [1.807, 2.05) is 18.2 Å². The lowest BCUT2D eigenvalue weighted by Crippen LogP contribution is -2.45. The standard InChI is InChI=1S/C18H18ClNO/c19-14-7-4-8-15-18(14)21-17-10-9-13(11-16(17)20-15)12-5-2-1-3-6-12/h1-8,13,16-17,20H,9-11H2. The Morgan fingerprint density at radius 3 is 2.71 bits per heavy atom. The zero-order valence-corrected chi connectivity index (χ0v) is 12.5. The SMILES string of the molecule is Clc1cccc2c1OC1CCC(c3ccccc3)CC1N2. The van der Waals surface area contributed by atoms with Gasteiger partial charge in [-0.1, -0.05) is 48.0 Å². The first-order chi connectivity index (χ1) is 10.3. The van der Waals surface area contributed by atoms with Crippen molar-refractivity contribution < 1.29 is 4.74 Å². The first-order valence-electron chi connectivity index (χ1n) is 7.58. The van der Waals surface area contributed by atoms with Gasteiger partial charge in [0.25, 0.3) is 0 Å². The summed E-state index contributed by atoms with van der Waals surface area (Å²) in [6, 6.07) is 17.1. The molecule has 2 aliphatic rings. The van der Waals surface area contributed by atoms with Crippen LogP contribution in [0.15, 0.2) is 48.5 Å². The van der Waals surface area contributed by atoms with E-state index in [2.05, 4.69) is 35.6 Å². The molecule has 3 heteroatoms. The highest BCUT2D eigenvalue weighted by Crippen LogP contribution is 2.43. The quantitative estimate of drug-likeness (QED) is 0.813. The van der Waals surface area contributed by atoms with E-state index in [1.165, 1.54) is 12.0 Å². The molecule has 4 rings (SSSR count). The fourth-order valence-corrected chi connectivity index (χ4v) is 3.78. The predicted molar refractivity (Wildman–Crippen MR) is 86.3 cm³/mol. The third-order valence-corrected chi connectivity index (χ3v) is 4.93. The van der Waals surface area contributed by atoms with E-state index in [0.29, 0.717) is 17.0 Å². The number of halogens is 1. The number of rotatable bonds is 1. The van der Waals surface area contributed by atoms with Crippen molar-refractivity contribution in [2.24, 2.45) is 0 Å². The molecule has 0 spiro atoms. The monoisotopic (exact) mass is 299 g/mol. The molecule has 0 amide bonds. The van der Waals surface area contributed by atoms with Crippen LogP contribution in [0.5, 0.6) is 5.75 Å². The van der Waals surface area contributed by atoms with E-state index < -0.39 is 0 Å². The van der Waals surface area contributed by atoms with Gasteiger partial charge in [0, 0.05) is 0 Å². The lowest BCUT2D eigenvalue weighted by atomic mass is 9.79. The van der Waals surface area contributed by atoms with Gasteiger partial charge in [0.1, 0.15) is 6.10 Å². The molecular formula is C18H18ClNO. The molecule has 108 valence electrons. The minimum Gasteiger partial charge on any atom is -0.485 e. The van der Waals surface area contributed by atoms with E-state index in [1.54, 1.807) is 0 Å². The number of nitrogens with one attached hydrogen (secondary N) is 1. The smallest absolute Gasteiger partial charge is 0.161 e. The molecule has 3 unspecified atom stereocenters. The van der Waals surface area contributed by atoms with Gasteiger partial charge in [-0.05, 0) is 42.9 Å². The van der Waals surface area contributed by atoms with Gasteiger partial charge < -0.3 is 10.1 Å². The summed E-state index contributed by atoms with van der Waals surface area (Å²) in [5.41, 5.74) is 2.46. The largest absolute Gasteiger partial charge is 0.485 e. The molecule has 2 aromatic carbocycles. The Morgan fingerprint density at radius 1 is 1.00 bits per heavy atom. The van der Waals surface area contributed by atoms with Crippen LogP contribution in [-0.4, -0.2) is 12.1 Å². The Hall–Kier alpha value is -1.67. The van der Waals surface area contributed by atoms with Crippen LogP contribution < -0.4 is 10.1 Å². The zero-order chi connectivity index (χ0) is 14.2. The second kappa shape index (κ2) is 5.27. The van der Waals surface area contributed by atoms with E-state index >= 15 is 0 Å². The highest BCUT2D eigenvalue weighted by Gasteiger charge is 2.36. The summed E-state index contributed by atoms with van der Waals surface area (Å²) in [5, 5.41) is 4.33. The van der Waals surface area contributed by atoms with Crippen molar-refractivity contribution in [2.75, 3.05) is 5.32 Å². The number of ether oxygens (including phenoxy) is 1. The maximum Gasteiger partial charge on any atom is 0.161 e. The molecule has 2 aromatic rings. The Kier molecular flexibility index (Phi) is 3.27. The second-order valence-electron chi connectivity index (χ2n) is 5.94. The van der Waals surface area contributed by atoms with E-state index in [4.69, 9.17) is 16.3 Å². The van der Waals surface area contributed by atoms with Crippen LogP contribution in [0.2, 0.25) is 5.02 Å². The summed E-state index contributed by atoms with van der Waals surface area (Å²) in [7, 11) is 0. The molecule has 1 aliphatic carbocycles. The summed E-state index contributed by atoms with van der Waals surface area (Å²) in [5.74, 6) is 1.43. The third kappa shape index (κ3) is 2.38. The highest BCUT2D eigenvalue weighted by molar-refractivity contribution is 6.32. The Morgan fingerprint density at radius 2 is 1.86 bits per heavy atom. The summed E-state index contributed by atoms with van der Waals surface area (Å²) in [6.45, 7) is 0. The maximum atomic E-state index is 6.23. The molecule has 0 saturated heterocycles. The maximum absolute atomic E-state index is 6.23. The van der Waals surface area contributed by atoms with Crippen molar-refractivity contribution in [3.8, 4) is 5.75 Å². The molecule has 2 nitrogen and oxygen atoms in total. The van der Waals surface area contributed by atoms with Gasteiger partial charge in [-0.3, -0.25) is 0 Å². The van der Waals surface area contributed by atoms with Crippen LogP contribution in [0.25, 0.3) is 0 Å². The van der Waals surface area contributed by atoms with Crippen molar-refractivity contribution in [3.63, 3.8) is 0 Å². The van der Waals surface area contributed by atoms with E-state index in [0.717, 1.165) is 24.3 Å². The summed E-state index contributed by atoms with van der Waals surface area (Å²) >= 11 is 6.23. The Labute approximate surface area is 130 Å². The van der Waals surface area contributed by atoms with Crippen LogP contribution in [-0.2, 0) is 0 Å². The molecule has 3 atom stereocenters. The minimum atomic E-state index is 0.234. The number of benzene rings is 2. The number of para-hydroxylation sites is 1. The van der Waals surface area contributed by atoms with Crippen LogP contribution >= 0.6 is 11.6 Å². The zero-order valence-electron chi connectivity index (χ0n) is 11.8. The van der Waals surface area contributed by atoms with Crippen molar-refractivity contribution in [3.05, 3.63) is 59.1 Å². The van der Waals surface area contributed by atoms with Gasteiger partial charge in [0.05, 0.1) is 16.8 Å². The van der Waals surface area contributed by atoms with E-state index in [9.17, 15) is 0 Å². The van der Waals surface area contributed by atoms with Crippen LogP contribution in [0.3, 0.4) is 0 Å². The second-order valence-corrected chi connectivity index (χ2v) is 6.35. The van der Waals surface area contributed by atoms with Crippen LogP contribution in [0.4, 0.5) is 5.69 Å². The molecule has 0 radical (unpaired) electrons. The molecule has 1 aliphatic heterocycles. The number of anilines is 1. The first kappa shape index (κ1) is 13.0. The predicted octanol–water partition coefficient (Wildman–Crippen LogP) is 4.85. The molecule has 1 fully saturated rings.